The van der Waals surface area contributed by atoms with Crippen LogP contribution < -0.4 is 10.2 Å². The van der Waals surface area contributed by atoms with Crippen LogP contribution in [0.2, 0.25) is 0 Å². The number of phenols is 1. The molecule has 1 fully saturated rings. The second kappa shape index (κ2) is 8.81. The van der Waals surface area contributed by atoms with Gasteiger partial charge in [-0.1, -0.05) is 18.2 Å². The number of piperazine rings is 1. The summed E-state index contributed by atoms with van der Waals surface area (Å²) in [5, 5.41) is 22.0. The molecule has 8 heteroatoms. The standard InChI is InChI=1S/C21H27N7O/c1-22-21(23-11-6-10-20-25-24-19-9-4-5-12-28(19)20)27-15-13-26(14-16-27)17-7-2-3-8-18(17)29/h2-5,7-9,12,29H,6,10-11,13-16H2,1H3,(H,22,23). The molecule has 3 aromatic rings. The smallest absolute Gasteiger partial charge is 0.193 e. The summed E-state index contributed by atoms with van der Waals surface area (Å²) in [6.07, 6.45) is 3.81. The molecule has 1 saturated heterocycles. The lowest BCUT2D eigenvalue weighted by Crippen LogP contribution is -2.52. The van der Waals surface area contributed by atoms with Gasteiger partial charge in [0.2, 0.25) is 0 Å². The van der Waals surface area contributed by atoms with Gasteiger partial charge in [-0.25, -0.2) is 0 Å². The number of phenolic OH excluding ortho intramolecular Hbond substituents is 1. The molecule has 1 aromatic carbocycles. The summed E-state index contributed by atoms with van der Waals surface area (Å²) in [6.45, 7) is 4.26. The van der Waals surface area contributed by atoms with Gasteiger partial charge in [0.25, 0.3) is 0 Å². The van der Waals surface area contributed by atoms with Gasteiger partial charge >= 0.3 is 0 Å². The van der Waals surface area contributed by atoms with E-state index in [2.05, 4.69) is 30.3 Å². The number of benzene rings is 1. The van der Waals surface area contributed by atoms with E-state index in [4.69, 9.17) is 0 Å². The second-order valence-electron chi connectivity index (χ2n) is 7.09. The number of nitrogens with one attached hydrogen (secondary N) is 1. The molecule has 2 aromatic heterocycles. The molecule has 1 aliphatic heterocycles. The molecular weight excluding hydrogens is 366 g/mol. The number of aryl methyl sites for hydroxylation is 1. The third kappa shape index (κ3) is 4.26. The predicted molar refractivity (Wildman–Crippen MR) is 115 cm³/mol. The van der Waals surface area contributed by atoms with Crippen molar-refractivity contribution in [1.82, 2.24) is 24.8 Å². The van der Waals surface area contributed by atoms with Crippen LogP contribution in [0.15, 0.2) is 53.7 Å². The van der Waals surface area contributed by atoms with Gasteiger partial charge in [-0.05, 0) is 30.7 Å². The summed E-state index contributed by atoms with van der Waals surface area (Å²) in [5.74, 6) is 2.24. The summed E-state index contributed by atoms with van der Waals surface area (Å²) >= 11 is 0. The van der Waals surface area contributed by atoms with Gasteiger partial charge in [-0.3, -0.25) is 9.39 Å². The predicted octanol–water partition coefficient (Wildman–Crippen LogP) is 1.77. The fraction of sp³-hybridized carbons (Fsp3) is 0.381. The summed E-state index contributed by atoms with van der Waals surface area (Å²) < 4.78 is 2.03. The van der Waals surface area contributed by atoms with E-state index in [1.165, 1.54) is 0 Å². The molecule has 0 spiro atoms. The van der Waals surface area contributed by atoms with Crippen LogP contribution in [-0.2, 0) is 6.42 Å². The van der Waals surface area contributed by atoms with E-state index < -0.39 is 0 Å². The minimum absolute atomic E-state index is 0.337. The van der Waals surface area contributed by atoms with Crippen molar-refractivity contribution < 1.29 is 5.11 Å². The average molecular weight is 393 g/mol. The molecule has 0 atom stereocenters. The van der Waals surface area contributed by atoms with Crippen molar-refractivity contribution in [2.45, 2.75) is 12.8 Å². The lowest BCUT2D eigenvalue weighted by atomic mass is 10.2. The van der Waals surface area contributed by atoms with Crippen molar-refractivity contribution in [3.05, 3.63) is 54.5 Å². The Kier molecular flexibility index (Phi) is 5.79. The molecule has 0 radical (unpaired) electrons. The van der Waals surface area contributed by atoms with Crippen molar-refractivity contribution in [2.24, 2.45) is 4.99 Å². The highest BCUT2D eigenvalue weighted by molar-refractivity contribution is 5.80. The number of fused-ring (bicyclic) bond motifs is 1. The number of nitrogens with zero attached hydrogens (tertiary/aromatic N) is 6. The monoisotopic (exact) mass is 393 g/mol. The Balaban J connectivity index is 1.25. The number of hydrogen-bond donors (Lipinski definition) is 2. The van der Waals surface area contributed by atoms with E-state index >= 15 is 0 Å². The van der Waals surface area contributed by atoms with Crippen molar-refractivity contribution in [2.75, 3.05) is 44.7 Å². The number of anilines is 1. The third-order valence-electron chi connectivity index (χ3n) is 5.26. The van der Waals surface area contributed by atoms with Gasteiger partial charge in [0.05, 0.1) is 5.69 Å². The minimum atomic E-state index is 0.337. The zero-order valence-electron chi connectivity index (χ0n) is 16.7. The molecule has 1 aliphatic rings. The lowest BCUT2D eigenvalue weighted by molar-refractivity contribution is 0.369. The number of pyridine rings is 1. The summed E-state index contributed by atoms with van der Waals surface area (Å²) in [7, 11) is 1.82. The molecule has 8 nitrogen and oxygen atoms in total. The Bertz CT molecular complexity index is 976. The molecular formula is C21H27N7O. The third-order valence-corrected chi connectivity index (χ3v) is 5.26. The topological polar surface area (TPSA) is 81.3 Å². The number of guanidine groups is 1. The zero-order valence-corrected chi connectivity index (χ0v) is 16.7. The molecule has 0 saturated carbocycles. The summed E-state index contributed by atoms with van der Waals surface area (Å²) in [5.41, 5.74) is 1.78. The number of aromatic hydroxyl groups is 1. The highest BCUT2D eigenvalue weighted by atomic mass is 16.3. The highest BCUT2D eigenvalue weighted by Crippen LogP contribution is 2.27. The first-order chi connectivity index (χ1) is 14.3. The van der Waals surface area contributed by atoms with Gasteiger partial charge in [-0.15, -0.1) is 10.2 Å². The first-order valence-corrected chi connectivity index (χ1v) is 10.0. The first kappa shape index (κ1) is 19.0. The van der Waals surface area contributed by atoms with Crippen LogP contribution in [0.1, 0.15) is 12.2 Å². The Hall–Kier alpha value is -3.29. The molecule has 0 aliphatic carbocycles. The normalized spacial score (nSPS) is 15.1. The number of aromatic nitrogens is 3. The van der Waals surface area contributed by atoms with Crippen LogP contribution >= 0.6 is 0 Å². The van der Waals surface area contributed by atoms with E-state index in [9.17, 15) is 5.11 Å². The van der Waals surface area contributed by atoms with Crippen molar-refractivity contribution in [3.8, 4) is 5.75 Å². The van der Waals surface area contributed by atoms with Gasteiger partial charge in [0, 0.05) is 52.4 Å². The van der Waals surface area contributed by atoms with E-state index in [0.29, 0.717) is 5.75 Å². The van der Waals surface area contributed by atoms with Crippen LogP contribution in [0.4, 0.5) is 5.69 Å². The van der Waals surface area contributed by atoms with Crippen LogP contribution in [0, 0.1) is 0 Å². The number of para-hydroxylation sites is 2. The first-order valence-electron chi connectivity index (χ1n) is 10.0. The van der Waals surface area contributed by atoms with Crippen molar-refractivity contribution >= 4 is 17.3 Å². The van der Waals surface area contributed by atoms with Crippen LogP contribution in [-0.4, -0.2) is 70.3 Å². The summed E-state index contributed by atoms with van der Waals surface area (Å²) in [4.78, 5) is 8.93. The average Bonchev–Trinajstić information content (AvgIpc) is 3.18. The number of rotatable bonds is 5. The van der Waals surface area contributed by atoms with E-state index in [0.717, 1.165) is 68.7 Å². The molecule has 4 rings (SSSR count). The summed E-state index contributed by atoms with van der Waals surface area (Å²) in [6, 6.07) is 13.4. The molecule has 2 N–H and O–H groups in total. The number of aliphatic imine (C=N–C) groups is 1. The zero-order chi connectivity index (χ0) is 20.1. The molecule has 3 heterocycles. The molecule has 0 unspecified atom stereocenters. The van der Waals surface area contributed by atoms with E-state index in [1.807, 2.05) is 54.0 Å². The Labute approximate surface area is 170 Å². The number of hydrogen-bond acceptors (Lipinski definition) is 5. The van der Waals surface area contributed by atoms with E-state index in [1.54, 1.807) is 6.07 Å². The van der Waals surface area contributed by atoms with Gasteiger partial charge in [-0.2, -0.15) is 0 Å². The second-order valence-corrected chi connectivity index (χ2v) is 7.09. The van der Waals surface area contributed by atoms with Gasteiger partial charge in [0.1, 0.15) is 11.6 Å². The molecule has 152 valence electrons. The Morgan fingerprint density at radius 1 is 1.07 bits per heavy atom. The van der Waals surface area contributed by atoms with E-state index in [-0.39, 0.29) is 0 Å². The van der Waals surface area contributed by atoms with Crippen LogP contribution in [0.5, 0.6) is 5.75 Å². The van der Waals surface area contributed by atoms with Crippen LogP contribution in [0.3, 0.4) is 0 Å². The maximum atomic E-state index is 10.1. The molecule has 0 bridgehead atoms. The van der Waals surface area contributed by atoms with Gasteiger partial charge in [0.15, 0.2) is 11.6 Å². The molecule has 0 amide bonds. The Morgan fingerprint density at radius 3 is 2.66 bits per heavy atom. The van der Waals surface area contributed by atoms with Crippen LogP contribution in [0.25, 0.3) is 5.65 Å². The van der Waals surface area contributed by atoms with Crippen molar-refractivity contribution in [3.63, 3.8) is 0 Å². The molecule has 29 heavy (non-hydrogen) atoms. The maximum Gasteiger partial charge on any atom is 0.193 e. The Morgan fingerprint density at radius 2 is 1.86 bits per heavy atom. The van der Waals surface area contributed by atoms with Crippen molar-refractivity contribution in [1.29, 1.82) is 0 Å². The SMILES string of the molecule is CN=C(NCCCc1nnc2ccccn12)N1CCN(c2ccccc2O)CC1. The maximum absolute atomic E-state index is 10.1. The lowest BCUT2D eigenvalue weighted by Gasteiger charge is -2.37. The largest absolute Gasteiger partial charge is 0.506 e. The minimum Gasteiger partial charge on any atom is -0.506 e. The quantitative estimate of drug-likeness (QED) is 0.391. The highest BCUT2D eigenvalue weighted by Gasteiger charge is 2.21. The van der Waals surface area contributed by atoms with Gasteiger partial charge < -0.3 is 20.2 Å². The fourth-order valence-electron chi connectivity index (χ4n) is 3.73. The fourth-order valence-corrected chi connectivity index (χ4v) is 3.73.